The van der Waals surface area contributed by atoms with Crippen LogP contribution in [-0.2, 0) is 16.6 Å². The van der Waals surface area contributed by atoms with Gasteiger partial charge < -0.3 is 14.8 Å². The molecule has 0 aliphatic heterocycles. The van der Waals surface area contributed by atoms with Crippen molar-refractivity contribution in [3.05, 3.63) is 83.9 Å². The second-order valence-electron chi connectivity index (χ2n) is 6.69. The van der Waals surface area contributed by atoms with Crippen LogP contribution in [0.15, 0.2) is 77.7 Å². The molecule has 0 fully saturated rings. The largest absolute Gasteiger partial charge is 0.497 e. The quantitative estimate of drug-likeness (QED) is 0.580. The van der Waals surface area contributed by atoms with Gasteiger partial charge in [0, 0.05) is 24.7 Å². The molecule has 0 bridgehead atoms. The molecule has 0 unspecified atom stereocenters. The van der Waals surface area contributed by atoms with Crippen LogP contribution in [0.4, 0.5) is 5.69 Å². The third-order valence-electron chi connectivity index (χ3n) is 4.82. The number of amides is 1. The van der Waals surface area contributed by atoms with Crippen molar-refractivity contribution in [2.45, 2.75) is 11.4 Å². The molecule has 0 aromatic heterocycles. The topological polar surface area (TPSA) is 84.9 Å². The molecule has 0 saturated carbocycles. The zero-order valence-electron chi connectivity index (χ0n) is 17.5. The Kier molecular flexibility index (Phi) is 6.81. The van der Waals surface area contributed by atoms with Gasteiger partial charge in [-0.05, 0) is 54.6 Å². The number of hydrogen-bond donors (Lipinski definition) is 1. The Morgan fingerprint density at radius 1 is 0.935 bits per heavy atom. The maximum absolute atomic E-state index is 12.9. The van der Waals surface area contributed by atoms with Gasteiger partial charge in [0.25, 0.3) is 15.9 Å². The highest BCUT2D eigenvalue weighted by Gasteiger charge is 2.21. The van der Waals surface area contributed by atoms with E-state index in [1.165, 1.54) is 35.6 Å². The van der Waals surface area contributed by atoms with E-state index < -0.39 is 10.0 Å². The normalized spacial score (nSPS) is 10.9. The predicted octanol–water partition coefficient (Wildman–Crippen LogP) is 3.46. The summed E-state index contributed by atoms with van der Waals surface area (Å²) in [7, 11) is 0.876. The monoisotopic (exact) mass is 440 g/mol. The lowest BCUT2D eigenvalue weighted by Crippen LogP contribution is -2.27. The lowest BCUT2D eigenvalue weighted by atomic mass is 10.1. The van der Waals surface area contributed by atoms with E-state index in [0.717, 1.165) is 5.56 Å². The molecule has 0 aliphatic carbocycles. The molecule has 0 radical (unpaired) electrons. The second-order valence-corrected chi connectivity index (χ2v) is 8.66. The van der Waals surface area contributed by atoms with Crippen LogP contribution in [0.1, 0.15) is 15.9 Å². The Morgan fingerprint density at radius 3 is 2.23 bits per heavy atom. The molecule has 0 atom stereocenters. The van der Waals surface area contributed by atoms with Crippen molar-refractivity contribution >= 4 is 21.6 Å². The number of nitrogens with zero attached hydrogens (tertiary/aromatic N) is 1. The Labute approximate surface area is 182 Å². The minimum Gasteiger partial charge on any atom is -0.497 e. The van der Waals surface area contributed by atoms with Gasteiger partial charge >= 0.3 is 0 Å². The first kappa shape index (κ1) is 22.2. The van der Waals surface area contributed by atoms with Crippen molar-refractivity contribution in [1.29, 1.82) is 0 Å². The SMILES string of the molecule is COc1ccc(OC)c(CNC(=O)c2ccc(S(=O)(=O)N(C)c3ccccc3)cc2)c1. The van der Waals surface area contributed by atoms with Gasteiger partial charge in [0.2, 0.25) is 0 Å². The molecule has 7 nitrogen and oxygen atoms in total. The van der Waals surface area contributed by atoms with E-state index in [1.54, 1.807) is 56.7 Å². The summed E-state index contributed by atoms with van der Waals surface area (Å²) in [4.78, 5) is 12.6. The minimum absolute atomic E-state index is 0.102. The Balaban J connectivity index is 1.72. The summed E-state index contributed by atoms with van der Waals surface area (Å²) >= 11 is 0. The van der Waals surface area contributed by atoms with Crippen molar-refractivity contribution in [1.82, 2.24) is 5.32 Å². The smallest absolute Gasteiger partial charge is 0.264 e. The minimum atomic E-state index is -3.74. The van der Waals surface area contributed by atoms with Crippen molar-refractivity contribution in [3.63, 3.8) is 0 Å². The first-order chi connectivity index (χ1) is 14.9. The van der Waals surface area contributed by atoms with Crippen LogP contribution in [0.5, 0.6) is 11.5 Å². The van der Waals surface area contributed by atoms with Gasteiger partial charge in [0.15, 0.2) is 0 Å². The van der Waals surface area contributed by atoms with E-state index in [2.05, 4.69) is 5.32 Å². The van der Waals surface area contributed by atoms with E-state index in [1.807, 2.05) is 6.07 Å². The average Bonchev–Trinajstić information content (AvgIpc) is 2.82. The number of sulfonamides is 1. The molecule has 0 saturated heterocycles. The molecule has 1 amide bonds. The first-order valence-corrected chi connectivity index (χ1v) is 10.9. The maximum atomic E-state index is 12.9. The number of benzene rings is 3. The van der Waals surface area contributed by atoms with Crippen LogP contribution in [0.25, 0.3) is 0 Å². The number of para-hydroxylation sites is 1. The fourth-order valence-electron chi connectivity index (χ4n) is 3.01. The van der Waals surface area contributed by atoms with Gasteiger partial charge in [-0.15, -0.1) is 0 Å². The number of methoxy groups -OCH3 is 2. The van der Waals surface area contributed by atoms with E-state index in [0.29, 0.717) is 22.7 Å². The zero-order valence-corrected chi connectivity index (χ0v) is 18.3. The maximum Gasteiger partial charge on any atom is 0.264 e. The number of carbonyl (C=O) groups excluding carboxylic acids is 1. The first-order valence-electron chi connectivity index (χ1n) is 9.50. The van der Waals surface area contributed by atoms with Gasteiger partial charge in [-0.3, -0.25) is 9.10 Å². The summed E-state index contributed by atoms with van der Waals surface area (Å²) in [6.45, 7) is 0.232. The predicted molar refractivity (Wildman–Crippen MR) is 119 cm³/mol. The molecule has 3 rings (SSSR count). The molecule has 0 heterocycles. The Hall–Kier alpha value is -3.52. The molecule has 162 valence electrons. The summed E-state index contributed by atoms with van der Waals surface area (Å²) < 4.78 is 37.4. The van der Waals surface area contributed by atoms with Crippen molar-refractivity contribution in [3.8, 4) is 11.5 Å². The fourth-order valence-corrected chi connectivity index (χ4v) is 4.21. The highest BCUT2D eigenvalue weighted by atomic mass is 32.2. The Bertz CT molecular complexity index is 1150. The van der Waals surface area contributed by atoms with Gasteiger partial charge in [0.05, 0.1) is 24.8 Å². The summed E-state index contributed by atoms with van der Waals surface area (Å²) in [6, 6.07) is 19.9. The number of hydrogen-bond acceptors (Lipinski definition) is 5. The van der Waals surface area contributed by atoms with Crippen molar-refractivity contribution in [2.24, 2.45) is 0 Å². The zero-order chi connectivity index (χ0) is 22.4. The van der Waals surface area contributed by atoms with E-state index in [9.17, 15) is 13.2 Å². The van der Waals surface area contributed by atoms with Crippen LogP contribution < -0.4 is 19.1 Å². The lowest BCUT2D eigenvalue weighted by molar-refractivity contribution is 0.0950. The summed E-state index contributed by atoms with van der Waals surface area (Å²) in [5.74, 6) is 0.957. The van der Waals surface area contributed by atoms with E-state index in [-0.39, 0.29) is 17.3 Å². The van der Waals surface area contributed by atoms with Crippen molar-refractivity contribution in [2.75, 3.05) is 25.6 Å². The van der Waals surface area contributed by atoms with Crippen LogP contribution in [-0.4, -0.2) is 35.6 Å². The number of carbonyl (C=O) groups is 1. The molecule has 0 aliphatic rings. The number of nitrogens with one attached hydrogen (secondary N) is 1. The third kappa shape index (κ3) is 4.97. The van der Waals surface area contributed by atoms with E-state index in [4.69, 9.17) is 9.47 Å². The van der Waals surface area contributed by atoms with Crippen LogP contribution in [0, 0.1) is 0 Å². The average molecular weight is 441 g/mol. The van der Waals surface area contributed by atoms with Crippen LogP contribution in [0.2, 0.25) is 0 Å². The van der Waals surface area contributed by atoms with Gasteiger partial charge in [0.1, 0.15) is 11.5 Å². The molecule has 8 heteroatoms. The number of rotatable bonds is 8. The van der Waals surface area contributed by atoms with Gasteiger partial charge in [-0.2, -0.15) is 0 Å². The molecule has 31 heavy (non-hydrogen) atoms. The summed E-state index contributed by atoms with van der Waals surface area (Å²) in [6.07, 6.45) is 0. The lowest BCUT2D eigenvalue weighted by Gasteiger charge is -2.19. The number of ether oxygens (including phenoxy) is 2. The Morgan fingerprint density at radius 2 is 1.61 bits per heavy atom. The van der Waals surface area contributed by atoms with Gasteiger partial charge in [-0.1, -0.05) is 18.2 Å². The second kappa shape index (κ2) is 9.53. The molecular weight excluding hydrogens is 416 g/mol. The van der Waals surface area contributed by atoms with Crippen molar-refractivity contribution < 1.29 is 22.7 Å². The molecular formula is C23H24N2O5S. The standard InChI is InChI=1S/C23H24N2O5S/c1-25(19-7-5-4-6-8-19)31(27,28)21-12-9-17(10-13-21)23(26)24-16-18-15-20(29-2)11-14-22(18)30-3/h4-15H,16H2,1-3H3,(H,24,26). The number of anilines is 1. The highest BCUT2D eigenvalue weighted by Crippen LogP contribution is 2.24. The molecule has 3 aromatic rings. The highest BCUT2D eigenvalue weighted by molar-refractivity contribution is 7.92. The molecule has 1 N–H and O–H groups in total. The van der Waals surface area contributed by atoms with Crippen LogP contribution in [0.3, 0.4) is 0 Å². The molecule has 0 spiro atoms. The van der Waals surface area contributed by atoms with E-state index >= 15 is 0 Å². The third-order valence-corrected chi connectivity index (χ3v) is 6.62. The van der Waals surface area contributed by atoms with Crippen LogP contribution >= 0.6 is 0 Å². The van der Waals surface area contributed by atoms with Gasteiger partial charge in [-0.25, -0.2) is 8.42 Å². The summed E-state index contributed by atoms with van der Waals surface area (Å²) in [5, 5.41) is 2.81. The fraction of sp³-hybridized carbons (Fsp3) is 0.174. The summed E-state index contributed by atoms with van der Waals surface area (Å²) in [5.41, 5.74) is 1.67. The molecule has 3 aromatic carbocycles.